The lowest BCUT2D eigenvalue weighted by Crippen LogP contribution is -2.08. The second kappa shape index (κ2) is 9.25. The van der Waals surface area contributed by atoms with Crippen LogP contribution in [0.5, 0.6) is 17.2 Å². The Labute approximate surface area is 173 Å². The van der Waals surface area contributed by atoms with Crippen molar-refractivity contribution in [1.29, 1.82) is 0 Å². The van der Waals surface area contributed by atoms with E-state index in [4.69, 9.17) is 14.2 Å². The molecule has 1 aromatic heterocycles. The molecule has 0 radical (unpaired) electrons. The summed E-state index contributed by atoms with van der Waals surface area (Å²) in [5, 5.41) is 5.87. The number of ether oxygens (including phenoxy) is 3. The lowest BCUT2D eigenvalue weighted by molar-refractivity contribution is -0.111. The minimum Gasteiger partial charge on any atom is -0.493 e. The van der Waals surface area contributed by atoms with Crippen LogP contribution in [0.1, 0.15) is 10.6 Å². The van der Waals surface area contributed by atoms with Gasteiger partial charge in [0.05, 0.1) is 37.7 Å². The van der Waals surface area contributed by atoms with E-state index >= 15 is 0 Å². The van der Waals surface area contributed by atoms with Gasteiger partial charge in [-0.1, -0.05) is 18.2 Å². The number of nitrogens with one attached hydrogen (secondary N) is 1. The van der Waals surface area contributed by atoms with Crippen molar-refractivity contribution < 1.29 is 19.0 Å². The van der Waals surface area contributed by atoms with E-state index in [0.717, 1.165) is 21.8 Å². The van der Waals surface area contributed by atoms with Crippen molar-refractivity contribution >= 4 is 29.0 Å². The Morgan fingerprint density at radius 1 is 1.07 bits per heavy atom. The van der Waals surface area contributed by atoms with Gasteiger partial charge in [-0.25, -0.2) is 4.98 Å². The Balaban J connectivity index is 1.81. The van der Waals surface area contributed by atoms with Gasteiger partial charge in [0.15, 0.2) is 11.5 Å². The zero-order chi connectivity index (χ0) is 20.8. The fourth-order valence-electron chi connectivity index (χ4n) is 2.85. The molecule has 6 nitrogen and oxygen atoms in total. The van der Waals surface area contributed by atoms with Gasteiger partial charge < -0.3 is 19.5 Å². The summed E-state index contributed by atoms with van der Waals surface area (Å²) in [7, 11) is 4.65. The zero-order valence-corrected chi connectivity index (χ0v) is 17.5. The molecule has 1 amide bonds. The number of carbonyl (C=O) groups excluding carboxylic acids is 1. The summed E-state index contributed by atoms with van der Waals surface area (Å²) >= 11 is 1.57. The van der Waals surface area contributed by atoms with Gasteiger partial charge in [0.25, 0.3) is 0 Å². The lowest BCUT2D eigenvalue weighted by Gasteiger charge is -2.12. The Morgan fingerprint density at radius 3 is 2.34 bits per heavy atom. The summed E-state index contributed by atoms with van der Waals surface area (Å²) in [5.74, 6) is 1.30. The Kier molecular flexibility index (Phi) is 6.51. The number of hydrogen-bond acceptors (Lipinski definition) is 6. The van der Waals surface area contributed by atoms with Gasteiger partial charge in [0.1, 0.15) is 0 Å². The van der Waals surface area contributed by atoms with Crippen molar-refractivity contribution in [3.05, 3.63) is 58.4 Å². The quantitative estimate of drug-likeness (QED) is 0.567. The minimum absolute atomic E-state index is 0.252. The molecule has 2 aromatic carbocycles. The SMILES string of the molecule is COc1cc(/C=C/C(=O)Nc2ccccc2-c2csc(C)n2)cc(OC)c1OC. The molecule has 0 saturated carbocycles. The topological polar surface area (TPSA) is 69.7 Å². The molecule has 1 heterocycles. The van der Waals surface area contributed by atoms with Crippen LogP contribution in [0, 0.1) is 6.92 Å². The summed E-state index contributed by atoms with van der Waals surface area (Å²) in [6.45, 7) is 1.95. The first-order valence-electron chi connectivity index (χ1n) is 8.86. The monoisotopic (exact) mass is 410 g/mol. The number of methoxy groups -OCH3 is 3. The van der Waals surface area contributed by atoms with Crippen LogP contribution in [0.15, 0.2) is 47.9 Å². The summed E-state index contributed by atoms with van der Waals surface area (Å²) in [5.41, 5.74) is 3.18. The van der Waals surface area contributed by atoms with Crippen molar-refractivity contribution in [3.8, 4) is 28.5 Å². The molecule has 0 atom stereocenters. The summed E-state index contributed by atoms with van der Waals surface area (Å²) in [6.07, 6.45) is 3.15. The first kappa shape index (κ1) is 20.4. The Morgan fingerprint density at radius 2 is 1.76 bits per heavy atom. The number of anilines is 1. The van der Waals surface area contributed by atoms with E-state index in [1.54, 1.807) is 50.9 Å². The van der Waals surface area contributed by atoms with E-state index in [1.165, 1.54) is 6.08 Å². The minimum atomic E-state index is -0.252. The second-order valence-corrected chi connectivity index (χ2v) is 7.14. The van der Waals surface area contributed by atoms with Crippen LogP contribution in [0.4, 0.5) is 5.69 Å². The van der Waals surface area contributed by atoms with E-state index in [9.17, 15) is 4.79 Å². The average Bonchev–Trinajstić information content (AvgIpc) is 3.17. The van der Waals surface area contributed by atoms with Crippen LogP contribution in [-0.4, -0.2) is 32.2 Å². The molecule has 3 rings (SSSR count). The number of aryl methyl sites for hydroxylation is 1. The molecule has 0 aliphatic rings. The highest BCUT2D eigenvalue weighted by Gasteiger charge is 2.13. The van der Waals surface area contributed by atoms with Gasteiger partial charge in [0, 0.05) is 17.0 Å². The summed E-state index contributed by atoms with van der Waals surface area (Å²) in [6, 6.07) is 11.1. The molecule has 150 valence electrons. The first-order valence-corrected chi connectivity index (χ1v) is 9.74. The molecule has 1 N–H and O–H groups in total. The number of nitrogens with zero attached hydrogens (tertiary/aromatic N) is 1. The second-order valence-electron chi connectivity index (χ2n) is 6.08. The van der Waals surface area contributed by atoms with E-state index < -0.39 is 0 Å². The maximum absolute atomic E-state index is 12.5. The molecule has 0 spiro atoms. The average molecular weight is 410 g/mol. The third-order valence-corrected chi connectivity index (χ3v) is 4.97. The molecular weight excluding hydrogens is 388 g/mol. The van der Waals surface area contributed by atoms with Gasteiger partial charge in [0.2, 0.25) is 11.7 Å². The van der Waals surface area contributed by atoms with Crippen LogP contribution >= 0.6 is 11.3 Å². The third-order valence-electron chi connectivity index (χ3n) is 4.19. The lowest BCUT2D eigenvalue weighted by atomic mass is 10.1. The van der Waals surface area contributed by atoms with Gasteiger partial charge >= 0.3 is 0 Å². The Bertz CT molecular complexity index is 1020. The molecule has 0 saturated heterocycles. The molecule has 0 aliphatic carbocycles. The molecule has 0 unspecified atom stereocenters. The standard InChI is InChI=1S/C22H22N2O4S/c1-14-23-18(13-29-14)16-7-5-6-8-17(16)24-21(25)10-9-15-11-19(26-2)22(28-4)20(12-15)27-3/h5-13H,1-4H3,(H,24,25)/b10-9+. The van der Waals surface area contributed by atoms with Crippen LogP contribution in [0.2, 0.25) is 0 Å². The zero-order valence-electron chi connectivity index (χ0n) is 16.7. The number of amides is 1. The van der Waals surface area contributed by atoms with E-state index in [2.05, 4.69) is 10.3 Å². The van der Waals surface area contributed by atoms with Crippen LogP contribution in [-0.2, 0) is 4.79 Å². The molecular formula is C22H22N2O4S. The number of carbonyl (C=O) groups is 1. The Hall–Kier alpha value is -3.32. The first-order chi connectivity index (χ1) is 14.0. The summed E-state index contributed by atoms with van der Waals surface area (Å²) < 4.78 is 16.0. The highest BCUT2D eigenvalue weighted by Crippen LogP contribution is 2.38. The van der Waals surface area contributed by atoms with Gasteiger partial charge in [-0.15, -0.1) is 11.3 Å². The molecule has 29 heavy (non-hydrogen) atoms. The maximum Gasteiger partial charge on any atom is 0.248 e. The molecule has 3 aromatic rings. The predicted octanol–water partition coefficient (Wildman–Crippen LogP) is 4.80. The fourth-order valence-corrected chi connectivity index (χ4v) is 3.46. The fraction of sp³-hybridized carbons (Fsp3) is 0.182. The smallest absolute Gasteiger partial charge is 0.248 e. The van der Waals surface area contributed by atoms with Crippen molar-refractivity contribution in [3.63, 3.8) is 0 Å². The number of rotatable bonds is 7. The molecule has 0 aliphatic heterocycles. The molecule has 0 bridgehead atoms. The van der Waals surface area contributed by atoms with Crippen molar-refractivity contribution in [1.82, 2.24) is 4.98 Å². The van der Waals surface area contributed by atoms with Crippen LogP contribution in [0.3, 0.4) is 0 Å². The van der Waals surface area contributed by atoms with E-state index in [-0.39, 0.29) is 5.91 Å². The number of aromatic nitrogens is 1. The van der Waals surface area contributed by atoms with Gasteiger partial charge in [-0.3, -0.25) is 4.79 Å². The van der Waals surface area contributed by atoms with Crippen LogP contribution < -0.4 is 19.5 Å². The number of benzene rings is 2. The van der Waals surface area contributed by atoms with E-state index in [1.807, 2.05) is 36.6 Å². The number of hydrogen-bond donors (Lipinski definition) is 1. The van der Waals surface area contributed by atoms with Crippen molar-refractivity contribution in [2.24, 2.45) is 0 Å². The highest BCUT2D eigenvalue weighted by molar-refractivity contribution is 7.09. The summed E-state index contributed by atoms with van der Waals surface area (Å²) in [4.78, 5) is 17.0. The van der Waals surface area contributed by atoms with E-state index in [0.29, 0.717) is 22.9 Å². The van der Waals surface area contributed by atoms with Gasteiger partial charge in [-0.05, 0) is 36.8 Å². The molecule has 7 heteroatoms. The van der Waals surface area contributed by atoms with Gasteiger partial charge in [-0.2, -0.15) is 0 Å². The number of para-hydroxylation sites is 1. The third kappa shape index (κ3) is 4.75. The highest BCUT2D eigenvalue weighted by atomic mass is 32.1. The largest absolute Gasteiger partial charge is 0.493 e. The number of thiazole rings is 1. The van der Waals surface area contributed by atoms with Crippen molar-refractivity contribution in [2.75, 3.05) is 26.6 Å². The normalized spacial score (nSPS) is 10.8. The van der Waals surface area contributed by atoms with Crippen molar-refractivity contribution in [2.45, 2.75) is 6.92 Å². The maximum atomic E-state index is 12.5. The molecule has 0 fully saturated rings. The predicted molar refractivity (Wildman–Crippen MR) is 116 cm³/mol. The van der Waals surface area contributed by atoms with Crippen LogP contribution in [0.25, 0.3) is 17.3 Å².